The normalized spacial score (nSPS) is 23.5. The number of ether oxygens (including phenoxy) is 1. The number of benzene rings is 1. The highest BCUT2D eigenvalue weighted by molar-refractivity contribution is 5.81. The van der Waals surface area contributed by atoms with Crippen molar-refractivity contribution < 1.29 is 9.53 Å². The number of rotatable bonds is 6. The molecule has 5 heteroatoms. The van der Waals surface area contributed by atoms with Gasteiger partial charge in [0, 0.05) is 32.3 Å². The van der Waals surface area contributed by atoms with E-state index in [1.165, 1.54) is 30.4 Å². The molecule has 0 saturated carbocycles. The van der Waals surface area contributed by atoms with E-state index in [2.05, 4.69) is 35.3 Å². The monoisotopic (exact) mass is 359 g/mol. The summed E-state index contributed by atoms with van der Waals surface area (Å²) in [5.41, 5.74) is 8.68. The number of nitrogens with two attached hydrogens (primary N) is 1. The first-order valence-electron chi connectivity index (χ1n) is 10.1. The third-order valence-corrected chi connectivity index (χ3v) is 5.96. The fourth-order valence-electron chi connectivity index (χ4n) is 4.08. The molecular formula is C21H33N3O2. The lowest BCUT2D eigenvalue weighted by atomic mass is 9.92. The fraction of sp³-hybridized carbons (Fsp3) is 0.667. The van der Waals surface area contributed by atoms with E-state index in [9.17, 15) is 4.79 Å². The number of amides is 1. The Morgan fingerprint density at radius 3 is 2.69 bits per heavy atom. The van der Waals surface area contributed by atoms with Crippen LogP contribution in [0.3, 0.4) is 0 Å². The molecule has 2 aliphatic rings. The minimum atomic E-state index is -0.437. The van der Waals surface area contributed by atoms with Gasteiger partial charge in [0.25, 0.3) is 0 Å². The predicted octanol–water partition coefficient (Wildman–Crippen LogP) is 2.43. The predicted molar refractivity (Wildman–Crippen MR) is 104 cm³/mol. The van der Waals surface area contributed by atoms with Crippen LogP contribution < -0.4 is 11.1 Å². The molecule has 0 spiro atoms. The summed E-state index contributed by atoms with van der Waals surface area (Å²) in [5, 5.41) is 3.06. The zero-order valence-corrected chi connectivity index (χ0v) is 16.0. The molecular weight excluding hydrogens is 326 g/mol. The first-order chi connectivity index (χ1) is 12.6. The zero-order valence-electron chi connectivity index (χ0n) is 16.0. The van der Waals surface area contributed by atoms with Gasteiger partial charge in [-0.25, -0.2) is 0 Å². The molecule has 3 rings (SSSR count). The lowest BCUT2D eigenvalue weighted by molar-refractivity contribution is -0.124. The molecule has 3 N–H and O–H groups in total. The van der Waals surface area contributed by atoms with Crippen LogP contribution in [0.25, 0.3) is 0 Å². The highest BCUT2D eigenvalue weighted by Crippen LogP contribution is 2.21. The summed E-state index contributed by atoms with van der Waals surface area (Å²) in [5.74, 6) is 0.186. The zero-order chi connectivity index (χ0) is 18.4. The van der Waals surface area contributed by atoms with Crippen molar-refractivity contribution in [3.8, 4) is 0 Å². The Kier molecular flexibility index (Phi) is 7.06. The number of nitrogens with zero attached hydrogens (tertiary/aromatic N) is 1. The van der Waals surface area contributed by atoms with Crippen LogP contribution in [-0.2, 0) is 22.6 Å². The molecule has 2 aliphatic heterocycles. The fourth-order valence-corrected chi connectivity index (χ4v) is 4.08. The van der Waals surface area contributed by atoms with Gasteiger partial charge in [0.15, 0.2) is 0 Å². The maximum absolute atomic E-state index is 12.5. The van der Waals surface area contributed by atoms with Crippen LogP contribution in [0.5, 0.6) is 0 Å². The molecule has 2 atom stereocenters. The molecule has 0 radical (unpaired) electrons. The molecule has 1 aromatic carbocycles. The van der Waals surface area contributed by atoms with E-state index in [4.69, 9.17) is 10.5 Å². The summed E-state index contributed by atoms with van der Waals surface area (Å²) in [7, 11) is 0. The van der Waals surface area contributed by atoms with Crippen molar-refractivity contribution in [1.82, 2.24) is 10.2 Å². The first kappa shape index (κ1) is 19.3. The molecule has 26 heavy (non-hydrogen) atoms. The second-order valence-electron chi connectivity index (χ2n) is 7.78. The quantitative estimate of drug-likeness (QED) is 0.819. The van der Waals surface area contributed by atoms with Crippen LogP contribution in [0.15, 0.2) is 24.3 Å². The van der Waals surface area contributed by atoms with Crippen molar-refractivity contribution in [2.24, 2.45) is 11.7 Å². The van der Waals surface area contributed by atoms with Crippen molar-refractivity contribution in [1.29, 1.82) is 0 Å². The molecule has 0 aliphatic carbocycles. The summed E-state index contributed by atoms with van der Waals surface area (Å²) in [6.45, 7) is 6.41. The van der Waals surface area contributed by atoms with Gasteiger partial charge in [0.2, 0.25) is 5.91 Å². The van der Waals surface area contributed by atoms with E-state index in [0.29, 0.717) is 25.8 Å². The Morgan fingerprint density at radius 1 is 1.23 bits per heavy atom. The molecule has 0 aromatic heterocycles. The lowest BCUT2D eigenvalue weighted by Crippen LogP contribution is -2.47. The number of nitrogens with one attached hydrogen (secondary N) is 1. The Hall–Kier alpha value is -1.43. The molecule has 2 fully saturated rings. The van der Waals surface area contributed by atoms with Crippen LogP contribution in [0, 0.1) is 5.92 Å². The van der Waals surface area contributed by atoms with Crippen molar-refractivity contribution in [3.63, 3.8) is 0 Å². The van der Waals surface area contributed by atoms with E-state index in [1.807, 2.05) is 6.07 Å². The molecule has 1 amide bonds. The van der Waals surface area contributed by atoms with Crippen LogP contribution in [0.4, 0.5) is 0 Å². The van der Waals surface area contributed by atoms with Gasteiger partial charge < -0.3 is 15.8 Å². The van der Waals surface area contributed by atoms with E-state index in [0.717, 1.165) is 25.9 Å². The van der Waals surface area contributed by atoms with Gasteiger partial charge in [-0.3, -0.25) is 9.69 Å². The van der Waals surface area contributed by atoms with Crippen molar-refractivity contribution in [2.45, 2.75) is 64.2 Å². The molecule has 1 aromatic rings. The van der Waals surface area contributed by atoms with Crippen LogP contribution in [0.1, 0.15) is 50.2 Å². The Balaban J connectivity index is 1.56. The molecule has 144 valence electrons. The van der Waals surface area contributed by atoms with Gasteiger partial charge in [-0.2, -0.15) is 0 Å². The maximum Gasteiger partial charge on any atom is 0.237 e. The number of hydrogen-bond donors (Lipinski definition) is 2. The van der Waals surface area contributed by atoms with Crippen LogP contribution >= 0.6 is 0 Å². The minimum Gasteiger partial charge on any atom is -0.381 e. The van der Waals surface area contributed by atoms with Gasteiger partial charge in [-0.1, -0.05) is 30.7 Å². The summed E-state index contributed by atoms with van der Waals surface area (Å²) in [4.78, 5) is 15.0. The van der Waals surface area contributed by atoms with Gasteiger partial charge in [-0.15, -0.1) is 0 Å². The number of piperidine rings is 1. The Bertz CT molecular complexity index is 586. The lowest BCUT2D eigenvalue weighted by Gasteiger charge is -2.34. The third-order valence-electron chi connectivity index (χ3n) is 5.96. The van der Waals surface area contributed by atoms with Gasteiger partial charge in [0.1, 0.15) is 0 Å². The summed E-state index contributed by atoms with van der Waals surface area (Å²) in [6.07, 6.45) is 5.64. The molecule has 2 saturated heterocycles. The molecule has 2 unspecified atom stereocenters. The van der Waals surface area contributed by atoms with Crippen molar-refractivity contribution >= 4 is 5.91 Å². The van der Waals surface area contributed by atoms with Gasteiger partial charge in [0.05, 0.1) is 6.04 Å². The molecule has 5 nitrogen and oxygen atoms in total. The Morgan fingerprint density at radius 2 is 1.96 bits per heavy atom. The average Bonchev–Trinajstić information content (AvgIpc) is 2.69. The molecule has 2 heterocycles. The van der Waals surface area contributed by atoms with Crippen molar-refractivity contribution in [2.75, 3.05) is 19.8 Å². The maximum atomic E-state index is 12.5. The van der Waals surface area contributed by atoms with E-state index >= 15 is 0 Å². The highest BCUT2D eigenvalue weighted by Gasteiger charge is 2.26. The first-order valence-corrected chi connectivity index (χ1v) is 10.1. The third kappa shape index (κ3) is 5.06. The molecule has 0 bridgehead atoms. The largest absolute Gasteiger partial charge is 0.381 e. The summed E-state index contributed by atoms with van der Waals surface area (Å²) < 4.78 is 5.36. The number of hydrogen-bond acceptors (Lipinski definition) is 4. The van der Waals surface area contributed by atoms with Crippen LogP contribution in [0.2, 0.25) is 0 Å². The second-order valence-corrected chi connectivity index (χ2v) is 7.78. The SMILES string of the molecule is CC1CCCCN1Cc1ccccc1CNC(=O)C(N)C1CCOCC1. The van der Waals surface area contributed by atoms with E-state index in [-0.39, 0.29) is 11.8 Å². The number of carbonyl (C=O) groups excluding carboxylic acids is 1. The minimum absolute atomic E-state index is 0.0435. The standard InChI is InChI=1S/C21H33N3O2/c1-16-6-4-5-11-24(16)15-19-8-3-2-7-18(19)14-23-21(25)20(22)17-9-12-26-13-10-17/h2-3,7-8,16-17,20H,4-6,9-15,22H2,1H3,(H,23,25). The topological polar surface area (TPSA) is 67.6 Å². The Labute approximate surface area is 157 Å². The van der Waals surface area contributed by atoms with E-state index in [1.54, 1.807) is 0 Å². The van der Waals surface area contributed by atoms with Crippen LogP contribution in [-0.4, -0.2) is 42.6 Å². The van der Waals surface area contributed by atoms with Gasteiger partial charge >= 0.3 is 0 Å². The summed E-state index contributed by atoms with van der Waals surface area (Å²) in [6, 6.07) is 8.62. The summed E-state index contributed by atoms with van der Waals surface area (Å²) >= 11 is 0. The second kappa shape index (κ2) is 9.49. The smallest absolute Gasteiger partial charge is 0.237 e. The number of likely N-dealkylation sites (tertiary alicyclic amines) is 1. The van der Waals surface area contributed by atoms with Crippen molar-refractivity contribution in [3.05, 3.63) is 35.4 Å². The highest BCUT2D eigenvalue weighted by atomic mass is 16.5. The van der Waals surface area contributed by atoms with Gasteiger partial charge in [-0.05, 0) is 56.2 Å². The number of carbonyl (C=O) groups is 1. The average molecular weight is 360 g/mol. The van der Waals surface area contributed by atoms with E-state index < -0.39 is 6.04 Å².